The number of piperidine rings is 1. The molecule has 0 aliphatic carbocycles. The number of anilines is 2. The molecular weight excluding hydrogens is 433 g/mol. The zero-order valence-electron chi connectivity index (χ0n) is 16.5. The first kappa shape index (κ1) is 22.9. The smallest absolute Gasteiger partial charge is 0.335 e. The van der Waals surface area contributed by atoms with Crippen LogP contribution in [0.5, 0.6) is 0 Å². The number of para-hydroxylation sites is 2. The Bertz CT molecular complexity index is 917. The third kappa shape index (κ3) is 6.60. The van der Waals surface area contributed by atoms with Crippen LogP contribution in [0.15, 0.2) is 48.5 Å². The van der Waals surface area contributed by atoms with Gasteiger partial charge in [-0.2, -0.15) is 13.2 Å². The second-order valence-corrected chi connectivity index (χ2v) is 7.63. The fraction of sp³-hybridized carbons (Fsp3) is 0.333. The van der Waals surface area contributed by atoms with Crippen molar-refractivity contribution in [2.24, 2.45) is 0 Å². The Labute approximate surface area is 182 Å². The normalized spacial score (nSPS) is 15.4. The van der Waals surface area contributed by atoms with E-state index in [1.165, 1.54) is 12.1 Å². The summed E-state index contributed by atoms with van der Waals surface area (Å²) in [5, 5.41) is 7.76. The molecule has 0 bridgehead atoms. The SMILES string of the molecule is O=C(CN1CCC(NC(=O)Nc2ccccc2)CC1)Nc1c(Cl)cccc1C(F)(F)F. The number of hydrogen-bond acceptors (Lipinski definition) is 3. The molecule has 0 saturated carbocycles. The molecule has 3 N–H and O–H groups in total. The Morgan fingerprint density at radius 1 is 1.00 bits per heavy atom. The third-order valence-corrected chi connectivity index (χ3v) is 5.22. The Morgan fingerprint density at radius 2 is 1.68 bits per heavy atom. The van der Waals surface area contributed by atoms with Gasteiger partial charge in [-0.15, -0.1) is 0 Å². The molecule has 0 spiro atoms. The second kappa shape index (κ2) is 10.0. The highest BCUT2D eigenvalue weighted by atomic mass is 35.5. The van der Waals surface area contributed by atoms with Gasteiger partial charge in [-0.05, 0) is 37.1 Å². The Morgan fingerprint density at radius 3 is 2.32 bits per heavy atom. The summed E-state index contributed by atoms with van der Waals surface area (Å²) in [4.78, 5) is 26.2. The van der Waals surface area contributed by atoms with E-state index in [0.717, 1.165) is 6.07 Å². The largest absolute Gasteiger partial charge is 0.418 e. The predicted octanol–water partition coefficient (Wildman–Crippen LogP) is 4.58. The summed E-state index contributed by atoms with van der Waals surface area (Å²) in [7, 11) is 0. The number of benzene rings is 2. The van der Waals surface area contributed by atoms with Crippen LogP contribution >= 0.6 is 11.6 Å². The lowest BCUT2D eigenvalue weighted by Gasteiger charge is -2.32. The monoisotopic (exact) mass is 454 g/mol. The first-order valence-corrected chi connectivity index (χ1v) is 10.1. The van der Waals surface area contributed by atoms with E-state index in [9.17, 15) is 22.8 Å². The lowest BCUT2D eigenvalue weighted by Crippen LogP contribution is -2.47. The van der Waals surface area contributed by atoms with E-state index in [4.69, 9.17) is 11.6 Å². The van der Waals surface area contributed by atoms with Crippen molar-refractivity contribution in [1.82, 2.24) is 10.2 Å². The molecule has 10 heteroatoms. The highest BCUT2D eigenvalue weighted by Crippen LogP contribution is 2.38. The van der Waals surface area contributed by atoms with Crippen LogP contribution in [0, 0.1) is 0 Å². The number of urea groups is 1. The minimum Gasteiger partial charge on any atom is -0.335 e. The topological polar surface area (TPSA) is 73.5 Å². The summed E-state index contributed by atoms with van der Waals surface area (Å²) in [5.74, 6) is -0.577. The van der Waals surface area contributed by atoms with Crippen LogP contribution in [-0.4, -0.2) is 42.5 Å². The van der Waals surface area contributed by atoms with Gasteiger partial charge in [0.05, 0.1) is 22.8 Å². The maximum absolute atomic E-state index is 13.2. The van der Waals surface area contributed by atoms with Crippen LogP contribution < -0.4 is 16.0 Å². The number of carbonyl (C=O) groups is 2. The molecule has 166 valence electrons. The van der Waals surface area contributed by atoms with Gasteiger partial charge in [0.1, 0.15) is 0 Å². The summed E-state index contributed by atoms with van der Waals surface area (Å²) in [5.41, 5.74) is -0.733. The van der Waals surface area contributed by atoms with E-state index >= 15 is 0 Å². The third-order valence-electron chi connectivity index (χ3n) is 4.91. The molecule has 1 aliphatic heterocycles. The van der Waals surface area contributed by atoms with E-state index in [2.05, 4.69) is 16.0 Å². The molecule has 6 nitrogen and oxygen atoms in total. The zero-order chi connectivity index (χ0) is 22.4. The fourth-order valence-corrected chi connectivity index (χ4v) is 3.60. The van der Waals surface area contributed by atoms with Crippen molar-refractivity contribution >= 4 is 34.9 Å². The van der Waals surface area contributed by atoms with Gasteiger partial charge in [0.25, 0.3) is 0 Å². The number of halogens is 4. The Balaban J connectivity index is 1.47. The van der Waals surface area contributed by atoms with E-state index in [0.29, 0.717) is 31.6 Å². The molecule has 1 aliphatic rings. The molecule has 3 amide bonds. The first-order valence-electron chi connectivity index (χ1n) is 9.73. The molecule has 0 atom stereocenters. The molecule has 1 saturated heterocycles. The number of carbonyl (C=O) groups excluding carboxylic acids is 2. The van der Waals surface area contributed by atoms with Gasteiger partial charge in [-0.3, -0.25) is 9.69 Å². The van der Waals surface area contributed by atoms with Crippen LogP contribution in [0.4, 0.5) is 29.3 Å². The molecule has 1 fully saturated rings. The van der Waals surface area contributed by atoms with Gasteiger partial charge in [-0.1, -0.05) is 35.9 Å². The van der Waals surface area contributed by atoms with Gasteiger partial charge in [0.2, 0.25) is 5.91 Å². The van der Waals surface area contributed by atoms with Gasteiger partial charge in [-0.25, -0.2) is 4.79 Å². The van der Waals surface area contributed by atoms with Crippen LogP contribution in [0.2, 0.25) is 5.02 Å². The van der Waals surface area contributed by atoms with Crippen molar-refractivity contribution in [3.63, 3.8) is 0 Å². The summed E-state index contributed by atoms with van der Waals surface area (Å²) >= 11 is 5.87. The highest BCUT2D eigenvalue weighted by Gasteiger charge is 2.35. The molecule has 0 radical (unpaired) electrons. The number of nitrogens with one attached hydrogen (secondary N) is 3. The van der Waals surface area contributed by atoms with Gasteiger partial charge >= 0.3 is 12.2 Å². The van der Waals surface area contributed by atoms with Crippen LogP contribution in [0.3, 0.4) is 0 Å². The van der Waals surface area contributed by atoms with Gasteiger partial charge < -0.3 is 16.0 Å². The van der Waals surface area contributed by atoms with E-state index in [1.54, 1.807) is 12.1 Å². The lowest BCUT2D eigenvalue weighted by atomic mass is 10.1. The maximum atomic E-state index is 13.2. The van der Waals surface area contributed by atoms with Crippen molar-refractivity contribution in [3.8, 4) is 0 Å². The molecule has 2 aromatic carbocycles. The number of amides is 3. The summed E-state index contributed by atoms with van der Waals surface area (Å²) < 4.78 is 39.5. The van der Waals surface area contributed by atoms with Crippen LogP contribution in [0.25, 0.3) is 0 Å². The first-order chi connectivity index (χ1) is 14.7. The van der Waals surface area contributed by atoms with Crippen molar-refractivity contribution in [2.75, 3.05) is 30.3 Å². The van der Waals surface area contributed by atoms with Crippen LogP contribution in [-0.2, 0) is 11.0 Å². The molecule has 1 heterocycles. The van der Waals surface area contributed by atoms with E-state index in [-0.39, 0.29) is 23.6 Å². The Hall–Kier alpha value is -2.78. The number of rotatable bonds is 5. The molecule has 0 unspecified atom stereocenters. The molecule has 0 aromatic heterocycles. The number of alkyl halides is 3. The van der Waals surface area contributed by atoms with Gasteiger partial charge in [0.15, 0.2) is 0 Å². The van der Waals surface area contributed by atoms with Crippen molar-refractivity contribution in [1.29, 1.82) is 0 Å². The van der Waals surface area contributed by atoms with Crippen molar-refractivity contribution < 1.29 is 22.8 Å². The Kier molecular flexibility index (Phi) is 7.40. The van der Waals surface area contributed by atoms with Crippen molar-refractivity contribution in [2.45, 2.75) is 25.1 Å². The summed E-state index contributed by atoms with van der Waals surface area (Å²) in [6.07, 6.45) is -3.39. The summed E-state index contributed by atoms with van der Waals surface area (Å²) in [6.45, 7) is 0.988. The fourth-order valence-electron chi connectivity index (χ4n) is 3.38. The molecular formula is C21H22ClF3N4O2. The minimum atomic E-state index is -4.63. The maximum Gasteiger partial charge on any atom is 0.418 e. The zero-order valence-corrected chi connectivity index (χ0v) is 17.3. The molecule has 31 heavy (non-hydrogen) atoms. The summed E-state index contributed by atoms with van der Waals surface area (Å²) in [6, 6.07) is 12.1. The predicted molar refractivity (Wildman–Crippen MR) is 113 cm³/mol. The molecule has 3 rings (SSSR count). The van der Waals surface area contributed by atoms with Crippen LogP contribution in [0.1, 0.15) is 18.4 Å². The average molecular weight is 455 g/mol. The minimum absolute atomic E-state index is 0.0524. The standard InChI is InChI=1S/C21H22ClF3N4O2/c22-17-8-4-7-16(21(23,24)25)19(17)28-18(30)13-29-11-9-15(10-12-29)27-20(31)26-14-5-2-1-3-6-14/h1-8,15H,9-13H2,(H,28,30)(H2,26,27,31). The number of nitrogens with zero attached hydrogens (tertiary/aromatic N) is 1. The van der Waals surface area contributed by atoms with E-state index < -0.39 is 23.3 Å². The van der Waals surface area contributed by atoms with E-state index in [1.807, 2.05) is 23.1 Å². The number of likely N-dealkylation sites (tertiary alicyclic amines) is 1. The second-order valence-electron chi connectivity index (χ2n) is 7.22. The highest BCUT2D eigenvalue weighted by molar-refractivity contribution is 6.34. The number of hydrogen-bond donors (Lipinski definition) is 3. The van der Waals surface area contributed by atoms with Gasteiger partial charge in [0, 0.05) is 24.8 Å². The molecule has 2 aromatic rings. The lowest BCUT2D eigenvalue weighted by molar-refractivity contribution is -0.137. The van der Waals surface area contributed by atoms with Crippen molar-refractivity contribution in [3.05, 3.63) is 59.1 Å². The quantitative estimate of drug-likeness (QED) is 0.619. The average Bonchev–Trinajstić information content (AvgIpc) is 2.71.